The van der Waals surface area contributed by atoms with Crippen molar-refractivity contribution in [3.05, 3.63) is 78.9 Å². The summed E-state index contributed by atoms with van der Waals surface area (Å²) in [6.45, 7) is 4.93. The molecule has 1 heterocycles. The van der Waals surface area contributed by atoms with Crippen LogP contribution < -0.4 is 15.4 Å². The Morgan fingerprint density at radius 3 is 2.68 bits per heavy atom. The van der Waals surface area contributed by atoms with E-state index in [1.807, 2.05) is 53.2 Å². The highest BCUT2D eigenvalue weighted by atomic mass is 16.5. The van der Waals surface area contributed by atoms with Crippen LogP contribution in [0.25, 0.3) is 5.69 Å². The second-order valence-corrected chi connectivity index (χ2v) is 6.24. The number of guanidine groups is 1. The lowest BCUT2D eigenvalue weighted by atomic mass is 10.2. The van der Waals surface area contributed by atoms with Gasteiger partial charge in [-0.1, -0.05) is 36.4 Å². The summed E-state index contributed by atoms with van der Waals surface area (Å²) in [5, 5.41) is 6.67. The normalized spacial score (nSPS) is 11.2. The minimum atomic E-state index is 0.588. The predicted molar refractivity (Wildman–Crippen MR) is 113 cm³/mol. The second-order valence-electron chi connectivity index (χ2n) is 6.24. The quantitative estimate of drug-likeness (QED) is 0.341. The Balaban J connectivity index is 1.52. The molecule has 3 aromatic rings. The number of aromatic nitrogens is 2. The van der Waals surface area contributed by atoms with E-state index >= 15 is 0 Å². The molecule has 0 spiro atoms. The third-order valence-electron chi connectivity index (χ3n) is 4.15. The van der Waals surface area contributed by atoms with Crippen molar-refractivity contribution < 1.29 is 4.74 Å². The van der Waals surface area contributed by atoms with Gasteiger partial charge >= 0.3 is 0 Å². The number of hydrogen-bond acceptors (Lipinski definition) is 3. The smallest absolute Gasteiger partial charge is 0.191 e. The zero-order valence-corrected chi connectivity index (χ0v) is 16.2. The van der Waals surface area contributed by atoms with Crippen LogP contribution in [0.5, 0.6) is 5.75 Å². The van der Waals surface area contributed by atoms with Gasteiger partial charge in [0.25, 0.3) is 0 Å². The van der Waals surface area contributed by atoms with Gasteiger partial charge in [0, 0.05) is 25.5 Å². The number of imidazole rings is 1. The van der Waals surface area contributed by atoms with Crippen LogP contribution in [0.4, 0.5) is 0 Å². The van der Waals surface area contributed by atoms with Crippen LogP contribution >= 0.6 is 0 Å². The van der Waals surface area contributed by atoms with Crippen LogP contribution in [0.15, 0.2) is 78.3 Å². The molecule has 1 aromatic heterocycles. The second kappa shape index (κ2) is 10.8. The van der Waals surface area contributed by atoms with E-state index in [1.54, 1.807) is 12.5 Å². The number of benzene rings is 2. The highest BCUT2D eigenvalue weighted by molar-refractivity contribution is 5.79. The highest BCUT2D eigenvalue weighted by Crippen LogP contribution is 2.15. The first-order chi connectivity index (χ1) is 13.9. The van der Waals surface area contributed by atoms with Crippen molar-refractivity contribution in [1.82, 2.24) is 20.2 Å². The molecule has 0 saturated carbocycles. The maximum atomic E-state index is 5.73. The Morgan fingerprint density at radius 2 is 1.89 bits per heavy atom. The van der Waals surface area contributed by atoms with Gasteiger partial charge in [-0.3, -0.25) is 0 Å². The van der Waals surface area contributed by atoms with E-state index in [2.05, 4.69) is 34.7 Å². The average Bonchev–Trinajstić information content (AvgIpc) is 3.27. The summed E-state index contributed by atoms with van der Waals surface area (Å²) >= 11 is 0. The van der Waals surface area contributed by atoms with Crippen molar-refractivity contribution in [2.45, 2.75) is 19.9 Å². The Bertz CT molecular complexity index is 846. The molecule has 2 aromatic carbocycles. The standard InChI is InChI=1S/C22H27N5O/c1-2-24-22(25-13-8-16-28-20-10-4-3-5-11-20)26-17-19-9-6-7-12-21(19)27-15-14-23-18-27/h3-7,9-12,14-15,18H,2,8,13,16-17H2,1H3,(H2,24,25,26). The lowest BCUT2D eigenvalue weighted by Gasteiger charge is -2.13. The molecule has 0 amide bonds. The Kier molecular flexibility index (Phi) is 7.49. The highest BCUT2D eigenvalue weighted by Gasteiger charge is 2.04. The summed E-state index contributed by atoms with van der Waals surface area (Å²) in [4.78, 5) is 8.86. The summed E-state index contributed by atoms with van der Waals surface area (Å²) in [6.07, 6.45) is 6.42. The molecular weight excluding hydrogens is 350 g/mol. The largest absolute Gasteiger partial charge is 0.494 e. The van der Waals surface area contributed by atoms with Crippen LogP contribution in [-0.4, -0.2) is 35.2 Å². The maximum absolute atomic E-state index is 5.73. The van der Waals surface area contributed by atoms with Gasteiger partial charge in [0.15, 0.2) is 5.96 Å². The van der Waals surface area contributed by atoms with Crippen LogP contribution in [0.1, 0.15) is 18.9 Å². The Morgan fingerprint density at radius 1 is 1.07 bits per heavy atom. The number of hydrogen-bond donors (Lipinski definition) is 2. The number of nitrogens with zero attached hydrogens (tertiary/aromatic N) is 3. The molecule has 6 nitrogen and oxygen atoms in total. The molecule has 3 rings (SSSR count). The molecule has 0 aliphatic rings. The number of ether oxygens (including phenoxy) is 1. The molecule has 0 unspecified atom stereocenters. The Labute approximate surface area is 166 Å². The topological polar surface area (TPSA) is 63.5 Å². The minimum Gasteiger partial charge on any atom is -0.494 e. The van der Waals surface area contributed by atoms with Gasteiger partial charge in [-0.15, -0.1) is 0 Å². The van der Waals surface area contributed by atoms with Crippen LogP contribution in [0, 0.1) is 0 Å². The van der Waals surface area contributed by atoms with E-state index in [-0.39, 0.29) is 0 Å². The van der Waals surface area contributed by atoms with E-state index in [9.17, 15) is 0 Å². The van der Waals surface area contributed by atoms with Gasteiger partial charge in [-0.25, -0.2) is 9.98 Å². The molecule has 0 bridgehead atoms. The first kappa shape index (κ1) is 19.5. The first-order valence-corrected chi connectivity index (χ1v) is 9.63. The van der Waals surface area contributed by atoms with Crippen LogP contribution in [-0.2, 0) is 6.54 Å². The molecule has 28 heavy (non-hydrogen) atoms. The zero-order chi connectivity index (χ0) is 19.4. The Hall–Kier alpha value is -3.28. The third-order valence-corrected chi connectivity index (χ3v) is 4.15. The molecule has 0 aliphatic heterocycles. The third kappa shape index (κ3) is 5.87. The molecule has 0 aliphatic carbocycles. The summed E-state index contributed by atoms with van der Waals surface area (Å²) in [7, 11) is 0. The van der Waals surface area contributed by atoms with Crippen molar-refractivity contribution >= 4 is 5.96 Å². The summed E-state index contributed by atoms with van der Waals surface area (Å²) in [6, 6.07) is 18.1. The van der Waals surface area contributed by atoms with Gasteiger partial charge < -0.3 is 19.9 Å². The molecule has 0 fully saturated rings. The fourth-order valence-corrected chi connectivity index (χ4v) is 2.79. The minimum absolute atomic E-state index is 0.588. The SMILES string of the molecule is CCNC(=NCc1ccccc1-n1ccnc1)NCCCOc1ccccc1. The molecule has 0 saturated heterocycles. The molecule has 146 valence electrons. The lowest BCUT2D eigenvalue weighted by Crippen LogP contribution is -2.38. The fourth-order valence-electron chi connectivity index (χ4n) is 2.79. The van der Waals surface area contributed by atoms with Crippen molar-refractivity contribution in [3.8, 4) is 11.4 Å². The average molecular weight is 377 g/mol. The summed E-state index contributed by atoms with van der Waals surface area (Å²) < 4.78 is 7.73. The van der Waals surface area contributed by atoms with Gasteiger partial charge in [-0.2, -0.15) is 0 Å². The lowest BCUT2D eigenvalue weighted by molar-refractivity contribution is 0.311. The fraction of sp³-hybridized carbons (Fsp3) is 0.273. The molecule has 2 N–H and O–H groups in total. The summed E-state index contributed by atoms with van der Waals surface area (Å²) in [5.41, 5.74) is 2.24. The van der Waals surface area contributed by atoms with Gasteiger partial charge in [-0.05, 0) is 37.1 Å². The maximum Gasteiger partial charge on any atom is 0.191 e. The summed E-state index contributed by atoms with van der Waals surface area (Å²) in [5.74, 6) is 1.71. The number of rotatable bonds is 9. The zero-order valence-electron chi connectivity index (χ0n) is 16.2. The van der Waals surface area contributed by atoms with Gasteiger partial charge in [0.1, 0.15) is 5.75 Å². The van der Waals surface area contributed by atoms with Gasteiger partial charge in [0.05, 0.1) is 25.2 Å². The van der Waals surface area contributed by atoms with E-state index in [4.69, 9.17) is 9.73 Å². The molecule has 6 heteroatoms. The van der Waals surface area contributed by atoms with Gasteiger partial charge in [0.2, 0.25) is 0 Å². The first-order valence-electron chi connectivity index (χ1n) is 9.63. The molecular formula is C22H27N5O. The van der Waals surface area contributed by atoms with Crippen molar-refractivity contribution in [2.24, 2.45) is 4.99 Å². The molecule has 0 atom stereocenters. The van der Waals surface area contributed by atoms with E-state index in [0.717, 1.165) is 42.5 Å². The number of nitrogens with one attached hydrogen (secondary N) is 2. The molecule has 0 radical (unpaired) electrons. The van der Waals surface area contributed by atoms with Crippen molar-refractivity contribution in [3.63, 3.8) is 0 Å². The van der Waals surface area contributed by atoms with Crippen molar-refractivity contribution in [2.75, 3.05) is 19.7 Å². The van der Waals surface area contributed by atoms with E-state index in [0.29, 0.717) is 13.2 Å². The predicted octanol–water partition coefficient (Wildman–Crippen LogP) is 3.40. The van der Waals surface area contributed by atoms with Crippen LogP contribution in [0.3, 0.4) is 0 Å². The van der Waals surface area contributed by atoms with E-state index in [1.165, 1.54) is 0 Å². The monoisotopic (exact) mass is 377 g/mol. The number of aliphatic imine (C=N–C) groups is 1. The van der Waals surface area contributed by atoms with Crippen molar-refractivity contribution in [1.29, 1.82) is 0 Å². The number of para-hydroxylation sites is 2. The van der Waals surface area contributed by atoms with E-state index < -0.39 is 0 Å². The van der Waals surface area contributed by atoms with Crippen LogP contribution in [0.2, 0.25) is 0 Å².